The van der Waals surface area contributed by atoms with E-state index in [4.69, 9.17) is 10.6 Å². The normalized spacial score (nSPS) is 14.6. The maximum absolute atomic E-state index is 5.48. The molecular weight excluding hydrogens is 204 g/mol. The zero-order chi connectivity index (χ0) is 12.2. The number of aromatic nitrogens is 2. The Morgan fingerprint density at radius 2 is 2.12 bits per heavy atom. The quantitative estimate of drug-likeness (QED) is 0.587. The summed E-state index contributed by atoms with van der Waals surface area (Å²) in [6.07, 6.45) is 1.65. The number of rotatable bonds is 5. The van der Waals surface area contributed by atoms with Crippen LogP contribution >= 0.6 is 0 Å². The monoisotopic (exact) mass is 224 g/mol. The first-order valence-electron chi connectivity index (χ1n) is 5.49. The summed E-state index contributed by atoms with van der Waals surface area (Å²) in [5.41, 5.74) is 3.05. The molecule has 0 saturated heterocycles. The third kappa shape index (κ3) is 2.48. The number of hydrogen-bond donors (Lipinski definition) is 2. The van der Waals surface area contributed by atoms with Crippen molar-refractivity contribution in [3.8, 4) is 0 Å². The first-order valence-corrected chi connectivity index (χ1v) is 5.49. The second-order valence-corrected chi connectivity index (χ2v) is 3.85. The lowest BCUT2D eigenvalue weighted by Crippen LogP contribution is -2.27. The number of hydrogen-bond acceptors (Lipinski definition) is 5. The summed E-state index contributed by atoms with van der Waals surface area (Å²) in [6.45, 7) is 6.06. The molecule has 1 unspecified atom stereocenters. The molecule has 1 aromatic rings. The number of nitrogens with two attached hydrogens (primary N) is 1. The summed E-state index contributed by atoms with van der Waals surface area (Å²) in [7, 11) is 1.67. The summed E-state index contributed by atoms with van der Waals surface area (Å²) in [4.78, 5) is 8.82. The third-order valence-electron chi connectivity index (χ3n) is 2.89. The minimum atomic E-state index is -0.462. The number of nitrogen functional groups attached to an aromatic ring is 1. The van der Waals surface area contributed by atoms with E-state index in [1.54, 1.807) is 7.11 Å². The molecule has 5 heteroatoms. The summed E-state index contributed by atoms with van der Waals surface area (Å²) < 4.78 is 5.48. The van der Waals surface area contributed by atoms with Gasteiger partial charge in [-0.15, -0.1) is 0 Å². The molecular formula is C11H20N4O. The molecule has 16 heavy (non-hydrogen) atoms. The maximum Gasteiger partial charge on any atom is 0.162 e. The van der Waals surface area contributed by atoms with E-state index in [1.807, 2.05) is 26.8 Å². The van der Waals surface area contributed by atoms with Crippen LogP contribution in [0.25, 0.3) is 0 Å². The molecule has 90 valence electrons. The molecule has 0 saturated carbocycles. The van der Waals surface area contributed by atoms with Gasteiger partial charge >= 0.3 is 0 Å². The Morgan fingerprint density at radius 1 is 1.44 bits per heavy atom. The van der Waals surface area contributed by atoms with Gasteiger partial charge in [0.2, 0.25) is 0 Å². The largest absolute Gasteiger partial charge is 0.371 e. The van der Waals surface area contributed by atoms with Gasteiger partial charge in [0.25, 0.3) is 0 Å². The van der Waals surface area contributed by atoms with Crippen LogP contribution in [0.15, 0.2) is 6.07 Å². The van der Waals surface area contributed by atoms with Crippen LogP contribution in [-0.4, -0.2) is 17.1 Å². The summed E-state index contributed by atoms with van der Waals surface area (Å²) >= 11 is 0. The van der Waals surface area contributed by atoms with E-state index in [2.05, 4.69) is 15.4 Å². The fourth-order valence-corrected chi connectivity index (χ4v) is 1.38. The molecule has 0 aliphatic heterocycles. The summed E-state index contributed by atoms with van der Waals surface area (Å²) in [6, 6.07) is 1.84. The van der Waals surface area contributed by atoms with Gasteiger partial charge < -0.3 is 10.2 Å². The second-order valence-electron chi connectivity index (χ2n) is 3.85. The Morgan fingerprint density at radius 3 is 2.56 bits per heavy atom. The number of methoxy groups -OCH3 is 1. The van der Waals surface area contributed by atoms with Crippen LogP contribution in [0.2, 0.25) is 0 Å². The van der Waals surface area contributed by atoms with E-state index in [0.29, 0.717) is 11.6 Å². The van der Waals surface area contributed by atoms with Gasteiger partial charge in [0.15, 0.2) is 5.82 Å². The van der Waals surface area contributed by atoms with Crippen molar-refractivity contribution in [3.63, 3.8) is 0 Å². The van der Waals surface area contributed by atoms with E-state index < -0.39 is 5.60 Å². The molecule has 1 rings (SSSR count). The molecule has 0 bridgehead atoms. The van der Waals surface area contributed by atoms with Crippen LogP contribution in [0.5, 0.6) is 0 Å². The summed E-state index contributed by atoms with van der Waals surface area (Å²) in [5, 5.41) is 0. The Balaban J connectivity index is 3.21. The van der Waals surface area contributed by atoms with E-state index in [-0.39, 0.29) is 0 Å². The number of hydrazine groups is 1. The predicted octanol–water partition coefficient (Wildman–Crippen LogP) is 1.60. The van der Waals surface area contributed by atoms with Crippen molar-refractivity contribution < 1.29 is 4.74 Å². The number of ether oxygens (including phenoxy) is 1. The molecule has 5 nitrogen and oxygen atoms in total. The number of anilines is 1. The lowest BCUT2D eigenvalue weighted by Gasteiger charge is -2.25. The topological polar surface area (TPSA) is 73.1 Å². The Hall–Kier alpha value is -1.20. The zero-order valence-electron chi connectivity index (χ0n) is 10.4. The molecule has 0 spiro atoms. The van der Waals surface area contributed by atoms with Gasteiger partial charge in [-0.2, -0.15) is 0 Å². The number of aryl methyl sites for hydroxylation is 1. The van der Waals surface area contributed by atoms with Crippen LogP contribution in [0, 0.1) is 0 Å². The molecule has 0 radical (unpaired) electrons. The highest BCUT2D eigenvalue weighted by atomic mass is 16.5. The van der Waals surface area contributed by atoms with E-state index >= 15 is 0 Å². The Kier molecular flexibility index (Phi) is 4.20. The Bertz CT molecular complexity index is 328. The van der Waals surface area contributed by atoms with Crippen molar-refractivity contribution in [2.75, 3.05) is 12.5 Å². The van der Waals surface area contributed by atoms with Gasteiger partial charge in [-0.3, -0.25) is 0 Å². The molecule has 0 aromatic carbocycles. The van der Waals surface area contributed by atoms with E-state index in [9.17, 15) is 0 Å². The average molecular weight is 224 g/mol. The number of nitrogens with one attached hydrogen (secondary N) is 1. The van der Waals surface area contributed by atoms with Crippen molar-refractivity contribution >= 4 is 5.82 Å². The van der Waals surface area contributed by atoms with Gasteiger partial charge in [0, 0.05) is 18.9 Å². The predicted molar refractivity (Wildman–Crippen MR) is 63.9 cm³/mol. The SMILES string of the molecule is CCc1cc(NN)nc(C(C)(CC)OC)n1. The van der Waals surface area contributed by atoms with Crippen molar-refractivity contribution in [2.45, 2.75) is 39.2 Å². The zero-order valence-corrected chi connectivity index (χ0v) is 10.4. The molecule has 1 atom stereocenters. The van der Waals surface area contributed by atoms with Crippen molar-refractivity contribution in [1.82, 2.24) is 9.97 Å². The fourth-order valence-electron chi connectivity index (χ4n) is 1.38. The Labute approximate surface area is 96.4 Å². The second kappa shape index (κ2) is 5.23. The van der Waals surface area contributed by atoms with Crippen molar-refractivity contribution in [1.29, 1.82) is 0 Å². The summed E-state index contributed by atoms with van der Waals surface area (Å²) in [5.74, 6) is 6.68. The lowest BCUT2D eigenvalue weighted by atomic mass is 10.0. The van der Waals surface area contributed by atoms with Crippen molar-refractivity contribution in [3.05, 3.63) is 17.6 Å². The minimum absolute atomic E-state index is 0.462. The van der Waals surface area contributed by atoms with Crippen molar-refractivity contribution in [2.24, 2.45) is 5.84 Å². The first kappa shape index (κ1) is 12.9. The van der Waals surface area contributed by atoms with E-state index in [1.165, 1.54) is 0 Å². The number of nitrogens with zero attached hydrogens (tertiary/aromatic N) is 2. The lowest BCUT2D eigenvalue weighted by molar-refractivity contribution is -0.00902. The molecule has 0 aliphatic carbocycles. The smallest absolute Gasteiger partial charge is 0.162 e. The minimum Gasteiger partial charge on any atom is -0.371 e. The molecule has 0 amide bonds. The molecule has 0 fully saturated rings. The highest BCUT2D eigenvalue weighted by Crippen LogP contribution is 2.26. The molecule has 3 N–H and O–H groups in total. The van der Waals surface area contributed by atoms with Gasteiger partial charge in [0.05, 0.1) is 0 Å². The average Bonchev–Trinajstić information content (AvgIpc) is 2.36. The van der Waals surface area contributed by atoms with Crippen LogP contribution in [0.1, 0.15) is 38.7 Å². The van der Waals surface area contributed by atoms with Crippen LogP contribution < -0.4 is 11.3 Å². The van der Waals surface area contributed by atoms with Gasteiger partial charge in [-0.1, -0.05) is 13.8 Å². The standard InChI is InChI=1S/C11H20N4O/c1-5-8-7-9(15-12)14-10(13-8)11(3,6-2)16-4/h7H,5-6,12H2,1-4H3,(H,13,14,15). The maximum atomic E-state index is 5.48. The van der Waals surface area contributed by atoms with Crippen LogP contribution in [0.4, 0.5) is 5.82 Å². The third-order valence-corrected chi connectivity index (χ3v) is 2.89. The van der Waals surface area contributed by atoms with Gasteiger partial charge in [0.1, 0.15) is 11.4 Å². The first-order chi connectivity index (χ1) is 7.59. The van der Waals surface area contributed by atoms with Crippen LogP contribution in [0.3, 0.4) is 0 Å². The highest BCUT2D eigenvalue weighted by molar-refractivity contribution is 5.35. The van der Waals surface area contributed by atoms with Crippen LogP contribution in [-0.2, 0) is 16.8 Å². The highest BCUT2D eigenvalue weighted by Gasteiger charge is 2.28. The molecule has 0 aliphatic rings. The fraction of sp³-hybridized carbons (Fsp3) is 0.636. The van der Waals surface area contributed by atoms with E-state index in [0.717, 1.165) is 18.5 Å². The molecule has 1 aromatic heterocycles. The van der Waals surface area contributed by atoms with Gasteiger partial charge in [-0.05, 0) is 19.8 Å². The van der Waals surface area contributed by atoms with Gasteiger partial charge in [-0.25, -0.2) is 15.8 Å². The molecule has 1 heterocycles.